The maximum atomic E-state index is 13.5. The molecule has 1 heterocycles. The van der Waals surface area contributed by atoms with E-state index in [1.807, 2.05) is 40.6 Å². The van der Waals surface area contributed by atoms with Crippen molar-refractivity contribution >= 4 is 23.2 Å². The van der Waals surface area contributed by atoms with Crippen molar-refractivity contribution in [2.75, 3.05) is 47.6 Å². The first-order chi connectivity index (χ1) is 17.0. The molecule has 0 radical (unpaired) electrons. The molecule has 1 aromatic carbocycles. The Kier molecular flexibility index (Phi) is 10.9. The van der Waals surface area contributed by atoms with E-state index < -0.39 is 0 Å². The second kappa shape index (κ2) is 14.1. The molecule has 2 aromatic rings. The highest BCUT2D eigenvalue weighted by Gasteiger charge is 2.28. The summed E-state index contributed by atoms with van der Waals surface area (Å²) in [5.41, 5.74) is 1.06. The van der Waals surface area contributed by atoms with Crippen molar-refractivity contribution in [1.82, 2.24) is 9.80 Å². The summed E-state index contributed by atoms with van der Waals surface area (Å²) in [5.74, 6) is 1.42. The largest absolute Gasteiger partial charge is 0.493 e. The standard InChI is InChI=1S/C27H38N2O5S/c1-32-16-15-29(27(31)22-8-5-4-6-9-22)20-26(30)28(19-23-10-7-17-35-23)14-13-21-11-12-24(33-2)25(18-21)34-3/h7,10-12,17-18,22H,4-6,8-9,13-16,19-20H2,1-3H3. The zero-order valence-corrected chi connectivity index (χ0v) is 22.0. The molecule has 35 heavy (non-hydrogen) atoms. The summed E-state index contributed by atoms with van der Waals surface area (Å²) in [6.07, 6.45) is 5.84. The fourth-order valence-corrected chi connectivity index (χ4v) is 5.24. The number of benzene rings is 1. The molecule has 3 rings (SSSR count). The Morgan fingerprint density at radius 1 is 0.971 bits per heavy atom. The maximum Gasteiger partial charge on any atom is 0.242 e. The number of ether oxygens (including phenoxy) is 3. The van der Waals surface area contributed by atoms with Gasteiger partial charge < -0.3 is 24.0 Å². The third kappa shape index (κ3) is 7.97. The minimum atomic E-state index is -0.0425. The number of hydrogen-bond donors (Lipinski definition) is 0. The molecule has 192 valence electrons. The van der Waals surface area contributed by atoms with Crippen LogP contribution in [0.15, 0.2) is 35.7 Å². The van der Waals surface area contributed by atoms with Crippen LogP contribution in [0.3, 0.4) is 0 Å². The lowest BCUT2D eigenvalue weighted by molar-refractivity contribution is -0.144. The van der Waals surface area contributed by atoms with Crippen LogP contribution >= 0.6 is 11.3 Å². The van der Waals surface area contributed by atoms with Gasteiger partial charge in [-0.1, -0.05) is 31.4 Å². The first kappa shape index (κ1) is 27.0. The average molecular weight is 503 g/mol. The van der Waals surface area contributed by atoms with Crippen molar-refractivity contribution in [2.45, 2.75) is 45.1 Å². The van der Waals surface area contributed by atoms with Crippen molar-refractivity contribution in [3.05, 3.63) is 46.2 Å². The van der Waals surface area contributed by atoms with Crippen LogP contribution in [0.4, 0.5) is 0 Å². The summed E-state index contributed by atoms with van der Waals surface area (Å²) in [4.78, 5) is 31.5. The highest BCUT2D eigenvalue weighted by Crippen LogP contribution is 2.28. The number of carbonyl (C=O) groups is 2. The molecule has 2 amide bonds. The Bertz CT molecular complexity index is 928. The first-order valence-corrected chi connectivity index (χ1v) is 13.2. The zero-order valence-electron chi connectivity index (χ0n) is 21.2. The molecular formula is C27H38N2O5S. The smallest absolute Gasteiger partial charge is 0.242 e. The number of rotatable bonds is 13. The van der Waals surface area contributed by atoms with Gasteiger partial charge in [0, 0.05) is 31.0 Å². The molecule has 0 aliphatic heterocycles. The van der Waals surface area contributed by atoms with E-state index >= 15 is 0 Å². The van der Waals surface area contributed by atoms with Gasteiger partial charge in [-0.05, 0) is 48.4 Å². The number of carbonyl (C=O) groups excluding carboxylic acids is 2. The lowest BCUT2D eigenvalue weighted by Gasteiger charge is -2.31. The Morgan fingerprint density at radius 2 is 1.74 bits per heavy atom. The molecule has 1 aromatic heterocycles. The fourth-order valence-electron chi connectivity index (χ4n) is 4.52. The number of amides is 2. The molecule has 0 saturated heterocycles. The molecule has 7 nitrogen and oxygen atoms in total. The maximum absolute atomic E-state index is 13.5. The Hall–Kier alpha value is -2.58. The fraction of sp³-hybridized carbons (Fsp3) is 0.556. The highest BCUT2D eigenvalue weighted by molar-refractivity contribution is 7.09. The molecular weight excluding hydrogens is 464 g/mol. The molecule has 1 saturated carbocycles. The summed E-state index contributed by atoms with van der Waals surface area (Å²) in [7, 11) is 4.85. The topological polar surface area (TPSA) is 68.3 Å². The van der Waals surface area contributed by atoms with Gasteiger partial charge in [0.2, 0.25) is 11.8 Å². The second-order valence-corrected chi connectivity index (χ2v) is 9.95. The summed E-state index contributed by atoms with van der Waals surface area (Å²) >= 11 is 1.63. The van der Waals surface area contributed by atoms with Gasteiger partial charge in [0.25, 0.3) is 0 Å². The van der Waals surface area contributed by atoms with Gasteiger partial charge in [-0.3, -0.25) is 9.59 Å². The molecule has 0 atom stereocenters. The first-order valence-electron chi connectivity index (χ1n) is 12.3. The van der Waals surface area contributed by atoms with Gasteiger partial charge in [-0.2, -0.15) is 0 Å². The third-order valence-electron chi connectivity index (χ3n) is 6.56. The van der Waals surface area contributed by atoms with E-state index in [-0.39, 0.29) is 24.3 Å². The third-order valence-corrected chi connectivity index (χ3v) is 7.42. The molecule has 0 unspecified atom stereocenters. The van der Waals surface area contributed by atoms with E-state index in [1.54, 1.807) is 37.6 Å². The van der Waals surface area contributed by atoms with Crippen LogP contribution in [0, 0.1) is 5.92 Å². The van der Waals surface area contributed by atoms with E-state index in [2.05, 4.69) is 0 Å². The van der Waals surface area contributed by atoms with Gasteiger partial charge in [0.15, 0.2) is 11.5 Å². The quantitative estimate of drug-likeness (QED) is 0.406. The van der Waals surface area contributed by atoms with Gasteiger partial charge in [0.05, 0.1) is 33.9 Å². The minimum absolute atomic E-state index is 0.0194. The molecule has 1 aliphatic rings. The molecule has 0 bridgehead atoms. The lowest BCUT2D eigenvalue weighted by Crippen LogP contribution is -2.46. The van der Waals surface area contributed by atoms with Crippen molar-refractivity contribution in [2.24, 2.45) is 5.92 Å². The number of hydrogen-bond acceptors (Lipinski definition) is 6. The van der Waals surface area contributed by atoms with Crippen molar-refractivity contribution in [3.8, 4) is 11.5 Å². The monoisotopic (exact) mass is 502 g/mol. The lowest BCUT2D eigenvalue weighted by atomic mass is 9.88. The summed E-state index contributed by atoms with van der Waals surface area (Å²) in [6.45, 7) is 2.00. The Balaban J connectivity index is 1.71. The second-order valence-electron chi connectivity index (χ2n) is 8.92. The molecule has 0 spiro atoms. The highest BCUT2D eigenvalue weighted by atomic mass is 32.1. The van der Waals surface area contributed by atoms with Gasteiger partial charge in [0.1, 0.15) is 0 Å². The van der Waals surface area contributed by atoms with Crippen molar-refractivity contribution in [3.63, 3.8) is 0 Å². The van der Waals surface area contributed by atoms with E-state index in [9.17, 15) is 9.59 Å². The van der Waals surface area contributed by atoms with Crippen molar-refractivity contribution in [1.29, 1.82) is 0 Å². The summed E-state index contributed by atoms with van der Waals surface area (Å²) in [6, 6.07) is 9.86. The molecule has 1 aliphatic carbocycles. The number of methoxy groups -OCH3 is 3. The van der Waals surface area contributed by atoms with E-state index in [4.69, 9.17) is 14.2 Å². The normalized spacial score (nSPS) is 13.9. The summed E-state index contributed by atoms with van der Waals surface area (Å²) < 4.78 is 16.0. The Morgan fingerprint density at radius 3 is 2.40 bits per heavy atom. The van der Waals surface area contributed by atoms with Crippen LogP contribution in [0.5, 0.6) is 11.5 Å². The van der Waals surface area contributed by atoms with Crippen LogP contribution in [0.25, 0.3) is 0 Å². The number of nitrogens with zero attached hydrogens (tertiary/aromatic N) is 2. The van der Waals surface area contributed by atoms with Crippen LogP contribution in [-0.2, 0) is 27.3 Å². The number of thiophene rings is 1. The minimum Gasteiger partial charge on any atom is -0.493 e. The van der Waals surface area contributed by atoms with Crippen LogP contribution in [0.1, 0.15) is 42.5 Å². The molecule has 0 N–H and O–H groups in total. The van der Waals surface area contributed by atoms with E-state index in [0.29, 0.717) is 44.2 Å². The van der Waals surface area contributed by atoms with Crippen LogP contribution in [0.2, 0.25) is 0 Å². The van der Waals surface area contributed by atoms with Gasteiger partial charge >= 0.3 is 0 Å². The van der Waals surface area contributed by atoms with E-state index in [0.717, 1.165) is 36.1 Å². The average Bonchev–Trinajstić information content (AvgIpc) is 3.42. The van der Waals surface area contributed by atoms with Crippen LogP contribution in [-0.4, -0.2) is 69.2 Å². The molecule has 1 fully saturated rings. The molecule has 8 heteroatoms. The predicted octanol–water partition coefficient (Wildman–Crippen LogP) is 4.39. The zero-order chi connectivity index (χ0) is 25.0. The summed E-state index contributed by atoms with van der Waals surface area (Å²) in [5, 5.41) is 2.02. The van der Waals surface area contributed by atoms with E-state index in [1.165, 1.54) is 6.42 Å². The Labute approximate surface area is 213 Å². The van der Waals surface area contributed by atoms with Gasteiger partial charge in [-0.25, -0.2) is 0 Å². The van der Waals surface area contributed by atoms with Crippen LogP contribution < -0.4 is 9.47 Å². The SMILES string of the molecule is COCCN(CC(=O)N(CCc1ccc(OC)c(OC)c1)Cc1cccs1)C(=O)C1CCCCC1. The van der Waals surface area contributed by atoms with Gasteiger partial charge in [-0.15, -0.1) is 11.3 Å². The predicted molar refractivity (Wildman–Crippen MR) is 138 cm³/mol. The van der Waals surface area contributed by atoms with Crippen molar-refractivity contribution < 1.29 is 23.8 Å².